The van der Waals surface area contributed by atoms with E-state index >= 15 is 0 Å². The molecule has 34 heavy (non-hydrogen) atoms. The third-order valence-corrected chi connectivity index (χ3v) is 6.86. The Morgan fingerprint density at radius 2 is 1.74 bits per heavy atom. The minimum absolute atomic E-state index is 0.345. The van der Waals surface area contributed by atoms with Crippen LogP contribution in [0.2, 0.25) is 0 Å². The van der Waals surface area contributed by atoms with Crippen LogP contribution in [0.3, 0.4) is 0 Å². The van der Waals surface area contributed by atoms with Crippen LogP contribution in [0.25, 0.3) is 5.69 Å². The van der Waals surface area contributed by atoms with E-state index in [2.05, 4.69) is 70.8 Å². The lowest BCUT2D eigenvalue weighted by molar-refractivity contribution is 0.347. The number of aromatic amines is 2. The quantitative estimate of drug-likeness (QED) is 0.199. The first-order valence-corrected chi connectivity index (χ1v) is 12.1. The fourth-order valence-electron chi connectivity index (χ4n) is 4.27. The molecule has 1 aromatic heterocycles. The van der Waals surface area contributed by atoms with Crippen LogP contribution in [0.5, 0.6) is 5.75 Å². The molecule has 3 N–H and O–H groups in total. The molecule has 6 nitrogen and oxygen atoms in total. The van der Waals surface area contributed by atoms with E-state index in [-0.39, 0.29) is 0 Å². The number of aromatic nitrogens is 3. The molecule has 0 saturated heterocycles. The Bertz CT molecular complexity index is 1380. The van der Waals surface area contributed by atoms with Crippen molar-refractivity contribution in [3.63, 3.8) is 0 Å². The number of aryl methyl sites for hydroxylation is 1. The van der Waals surface area contributed by atoms with E-state index in [4.69, 9.17) is 29.2 Å². The van der Waals surface area contributed by atoms with Gasteiger partial charge in [0.2, 0.25) is 0 Å². The lowest BCUT2D eigenvalue weighted by atomic mass is 10.1. The molecule has 1 fully saturated rings. The van der Waals surface area contributed by atoms with Crippen molar-refractivity contribution < 1.29 is 4.74 Å². The van der Waals surface area contributed by atoms with Crippen LogP contribution in [-0.4, -0.2) is 34.6 Å². The molecule has 8 heteroatoms. The highest BCUT2D eigenvalue weighted by molar-refractivity contribution is 7.72. The van der Waals surface area contributed by atoms with Crippen LogP contribution >= 0.6 is 24.4 Å². The molecule has 2 atom stereocenters. The first kappa shape index (κ1) is 22.4. The predicted octanol–water partition coefficient (Wildman–Crippen LogP) is 6.34. The van der Waals surface area contributed by atoms with E-state index in [0.717, 1.165) is 22.8 Å². The Hall–Kier alpha value is -3.36. The molecule has 0 radical (unpaired) electrons. The van der Waals surface area contributed by atoms with Crippen molar-refractivity contribution in [2.24, 2.45) is 0 Å². The maximum Gasteiger partial charge on any atom is 0.198 e. The van der Waals surface area contributed by atoms with Gasteiger partial charge >= 0.3 is 0 Å². The summed E-state index contributed by atoms with van der Waals surface area (Å²) in [6, 6.07) is 25.6. The Morgan fingerprint density at radius 3 is 2.50 bits per heavy atom. The fraction of sp³-hybridized carbons (Fsp3) is 0.231. The topological polar surface area (TPSA) is 61.0 Å². The molecule has 1 heterocycles. The summed E-state index contributed by atoms with van der Waals surface area (Å²) < 4.78 is 8.84. The van der Waals surface area contributed by atoms with E-state index in [9.17, 15) is 0 Å². The second-order valence-corrected chi connectivity index (χ2v) is 9.41. The fourth-order valence-corrected chi connectivity index (χ4v) is 4.82. The Kier molecular flexibility index (Phi) is 6.26. The standard InChI is InChI=1S/C26H27N5OS2/c1-17-9-11-18(12-10-17)23-15-24(23)30(2)20-6-4-8-22(14-20)32-16-27-19-5-3-7-21(13-19)31-25(33)28-29-26(31)34/h3-14,23-24,27H,15-16H2,1-2H3,(H,28,33)(H,29,34). The van der Waals surface area contributed by atoms with Gasteiger partial charge in [-0.25, -0.2) is 0 Å². The van der Waals surface area contributed by atoms with Gasteiger partial charge in [0.15, 0.2) is 16.3 Å². The first-order chi connectivity index (χ1) is 16.5. The summed E-state index contributed by atoms with van der Waals surface area (Å²) in [6.45, 7) is 2.47. The number of hydrogen-bond donors (Lipinski definition) is 3. The van der Waals surface area contributed by atoms with Gasteiger partial charge in [-0.2, -0.15) is 0 Å². The summed E-state index contributed by atoms with van der Waals surface area (Å²) in [4.78, 5) is 2.36. The molecule has 3 aromatic carbocycles. The lowest BCUT2D eigenvalue weighted by Gasteiger charge is -2.21. The van der Waals surface area contributed by atoms with E-state index in [1.165, 1.54) is 17.5 Å². The molecular weight excluding hydrogens is 462 g/mol. The summed E-state index contributed by atoms with van der Waals surface area (Å²) in [7, 11) is 2.17. The van der Waals surface area contributed by atoms with Crippen molar-refractivity contribution in [2.75, 3.05) is 24.0 Å². The van der Waals surface area contributed by atoms with Crippen LogP contribution in [0.1, 0.15) is 23.5 Å². The zero-order valence-corrected chi connectivity index (χ0v) is 20.7. The van der Waals surface area contributed by atoms with Gasteiger partial charge in [0.1, 0.15) is 5.75 Å². The second kappa shape index (κ2) is 9.48. The van der Waals surface area contributed by atoms with Gasteiger partial charge in [-0.1, -0.05) is 42.0 Å². The maximum atomic E-state index is 6.01. The lowest BCUT2D eigenvalue weighted by Crippen LogP contribution is -2.21. The predicted molar refractivity (Wildman–Crippen MR) is 142 cm³/mol. The van der Waals surface area contributed by atoms with Gasteiger partial charge in [-0.3, -0.25) is 14.8 Å². The minimum atomic E-state index is 0.345. The van der Waals surface area contributed by atoms with Crippen LogP contribution in [0.4, 0.5) is 11.4 Å². The molecular formula is C26H27N5OS2. The van der Waals surface area contributed by atoms with Gasteiger partial charge < -0.3 is 15.0 Å². The number of rotatable bonds is 8. The normalized spacial score (nSPS) is 16.8. The number of H-pyrrole nitrogens is 2. The zero-order valence-electron chi connectivity index (χ0n) is 19.1. The number of anilines is 2. The third-order valence-electron chi connectivity index (χ3n) is 6.29. The molecule has 5 rings (SSSR count). The summed E-state index contributed by atoms with van der Waals surface area (Å²) in [5.41, 5.74) is 5.69. The van der Waals surface area contributed by atoms with Crippen molar-refractivity contribution in [3.05, 3.63) is 93.5 Å². The van der Waals surface area contributed by atoms with Crippen molar-refractivity contribution in [1.29, 1.82) is 0 Å². The summed E-state index contributed by atoms with van der Waals surface area (Å²) in [5, 5.41) is 9.03. The number of ether oxygens (including phenoxy) is 1. The number of nitrogens with zero attached hydrogens (tertiary/aromatic N) is 2. The maximum absolute atomic E-state index is 6.01. The summed E-state index contributed by atoms with van der Waals surface area (Å²) >= 11 is 10.6. The Morgan fingerprint density at radius 1 is 1.00 bits per heavy atom. The largest absolute Gasteiger partial charge is 0.473 e. The molecule has 174 valence electrons. The summed E-state index contributed by atoms with van der Waals surface area (Å²) in [6.07, 6.45) is 1.18. The van der Waals surface area contributed by atoms with Crippen molar-refractivity contribution in [1.82, 2.24) is 14.8 Å². The van der Waals surface area contributed by atoms with E-state index < -0.39 is 0 Å². The van der Waals surface area contributed by atoms with E-state index in [1.807, 2.05) is 36.4 Å². The molecule has 4 aromatic rings. The second-order valence-electron chi connectivity index (χ2n) is 8.64. The molecule has 1 saturated carbocycles. The summed E-state index contributed by atoms with van der Waals surface area (Å²) in [5.74, 6) is 1.42. The Balaban J connectivity index is 1.20. The third kappa shape index (κ3) is 4.78. The molecule has 1 aliphatic rings. The molecule has 1 aliphatic carbocycles. The molecule has 0 aliphatic heterocycles. The van der Waals surface area contributed by atoms with Gasteiger partial charge in [0.25, 0.3) is 0 Å². The van der Waals surface area contributed by atoms with Gasteiger partial charge in [-0.15, -0.1) is 0 Å². The van der Waals surface area contributed by atoms with E-state index in [1.54, 1.807) is 4.57 Å². The highest BCUT2D eigenvalue weighted by Gasteiger charge is 2.41. The first-order valence-electron chi connectivity index (χ1n) is 11.3. The number of likely N-dealkylation sites (N-methyl/N-ethyl adjacent to an activating group) is 1. The van der Waals surface area contributed by atoms with Gasteiger partial charge in [0.05, 0.1) is 5.69 Å². The van der Waals surface area contributed by atoms with Crippen molar-refractivity contribution in [3.8, 4) is 11.4 Å². The van der Waals surface area contributed by atoms with Crippen LogP contribution in [-0.2, 0) is 0 Å². The van der Waals surface area contributed by atoms with Crippen molar-refractivity contribution >= 4 is 35.8 Å². The Labute approximate surface area is 209 Å². The van der Waals surface area contributed by atoms with Gasteiger partial charge in [0, 0.05) is 36.4 Å². The zero-order chi connectivity index (χ0) is 23.7. The number of nitrogens with one attached hydrogen (secondary N) is 3. The van der Waals surface area contributed by atoms with Crippen LogP contribution in [0, 0.1) is 16.5 Å². The molecule has 0 amide bonds. The minimum Gasteiger partial charge on any atom is -0.473 e. The number of benzene rings is 3. The average molecular weight is 490 g/mol. The van der Waals surface area contributed by atoms with Crippen LogP contribution < -0.4 is 15.0 Å². The molecule has 0 spiro atoms. The van der Waals surface area contributed by atoms with E-state index in [0.29, 0.717) is 28.2 Å². The number of hydrogen-bond acceptors (Lipinski definition) is 5. The van der Waals surface area contributed by atoms with Crippen molar-refractivity contribution in [2.45, 2.75) is 25.3 Å². The van der Waals surface area contributed by atoms with Gasteiger partial charge in [-0.05, 0) is 73.7 Å². The van der Waals surface area contributed by atoms with Crippen LogP contribution in [0.15, 0.2) is 72.8 Å². The average Bonchev–Trinajstić information content (AvgIpc) is 3.57. The SMILES string of the molecule is Cc1ccc(C2CC2N(C)c2cccc(OCNc3cccc(-n4c(=S)[nH][nH]c4=S)c3)c2)cc1. The monoisotopic (exact) mass is 489 g/mol. The smallest absolute Gasteiger partial charge is 0.198 e. The molecule has 2 unspecified atom stereocenters. The molecule has 0 bridgehead atoms. The highest BCUT2D eigenvalue weighted by Crippen LogP contribution is 2.45. The highest BCUT2D eigenvalue weighted by atomic mass is 32.1.